The summed E-state index contributed by atoms with van der Waals surface area (Å²) in [4.78, 5) is 0. The van der Waals surface area contributed by atoms with Crippen molar-refractivity contribution in [2.75, 3.05) is 0 Å². The van der Waals surface area contributed by atoms with Gasteiger partial charge in [0, 0.05) is 5.41 Å². The van der Waals surface area contributed by atoms with Crippen molar-refractivity contribution in [1.82, 2.24) is 0 Å². The molecule has 0 rings (SSSR count). The molecule has 0 aromatic rings. The smallest absolute Gasteiger partial charge is 0.0576 e. The lowest BCUT2D eigenvalue weighted by Crippen LogP contribution is -2.14. The molecule has 11 heavy (non-hydrogen) atoms. The van der Waals surface area contributed by atoms with Gasteiger partial charge in [-0.2, -0.15) is 0 Å². The van der Waals surface area contributed by atoms with Gasteiger partial charge in [-0.15, -0.1) is 24.9 Å². The van der Waals surface area contributed by atoms with E-state index in [1.807, 2.05) is 0 Å². The molecule has 0 spiro atoms. The third kappa shape index (κ3) is 2.42. The highest BCUT2D eigenvalue weighted by molar-refractivity contribution is 5.71. The van der Waals surface area contributed by atoms with Crippen molar-refractivity contribution in [2.24, 2.45) is 10.6 Å². The van der Waals surface area contributed by atoms with Gasteiger partial charge in [0.15, 0.2) is 0 Å². The Morgan fingerprint density at radius 1 is 1.27 bits per heavy atom. The van der Waals surface area contributed by atoms with Crippen LogP contribution in [0.3, 0.4) is 0 Å². The van der Waals surface area contributed by atoms with Crippen LogP contribution in [0.1, 0.15) is 6.42 Å². The first-order chi connectivity index (χ1) is 5.24. The number of hydrogen-bond acceptors (Lipinski definition) is 2. The molecule has 1 N–H and O–H groups in total. The normalized spacial score (nSPS) is 11.3. The standard InChI is InChI=1S/C9H13NO/c1-4-7-9(5-2,6-3)8-10-11/h4-6,8,11H,1-3,7H2. The molecular weight excluding hydrogens is 138 g/mol. The molecular formula is C9H13NO. The first kappa shape index (κ1) is 9.69. The lowest BCUT2D eigenvalue weighted by atomic mass is 9.86. The molecule has 0 unspecified atom stereocenters. The van der Waals surface area contributed by atoms with E-state index in [9.17, 15) is 0 Å². The summed E-state index contributed by atoms with van der Waals surface area (Å²) in [6.45, 7) is 10.8. The van der Waals surface area contributed by atoms with Crippen molar-refractivity contribution in [1.29, 1.82) is 0 Å². The zero-order valence-electron chi connectivity index (χ0n) is 6.53. The zero-order chi connectivity index (χ0) is 8.74. The van der Waals surface area contributed by atoms with Gasteiger partial charge in [-0.3, -0.25) is 0 Å². The molecule has 0 aromatic carbocycles. The average molecular weight is 151 g/mol. The molecule has 0 radical (unpaired) electrons. The summed E-state index contributed by atoms with van der Waals surface area (Å²) in [5.74, 6) is 0. The van der Waals surface area contributed by atoms with Crippen LogP contribution in [0.4, 0.5) is 0 Å². The second-order valence-corrected chi connectivity index (χ2v) is 2.26. The fraction of sp³-hybridized carbons (Fsp3) is 0.222. The van der Waals surface area contributed by atoms with Crippen LogP contribution in [-0.2, 0) is 0 Å². The third-order valence-corrected chi connectivity index (χ3v) is 1.56. The summed E-state index contributed by atoms with van der Waals surface area (Å²) >= 11 is 0. The second-order valence-electron chi connectivity index (χ2n) is 2.26. The molecule has 0 aliphatic rings. The van der Waals surface area contributed by atoms with Gasteiger partial charge in [0.25, 0.3) is 0 Å². The first-order valence-corrected chi connectivity index (χ1v) is 3.31. The molecule has 2 heteroatoms. The lowest BCUT2D eigenvalue weighted by Gasteiger charge is -2.17. The van der Waals surface area contributed by atoms with E-state index < -0.39 is 5.41 Å². The molecule has 0 aromatic heterocycles. The van der Waals surface area contributed by atoms with Crippen LogP contribution < -0.4 is 0 Å². The summed E-state index contributed by atoms with van der Waals surface area (Å²) in [5, 5.41) is 11.3. The Morgan fingerprint density at radius 2 is 1.82 bits per heavy atom. The Bertz CT molecular complexity index is 174. The number of rotatable bonds is 5. The van der Waals surface area contributed by atoms with Crippen molar-refractivity contribution in [3.05, 3.63) is 38.0 Å². The van der Waals surface area contributed by atoms with Crippen LogP contribution in [0.15, 0.2) is 43.1 Å². The van der Waals surface area contributed by atoms with E-state index in [1.54, 1.807) is 18.2 Å². The molecule has 0 fully saturated rings. The van der Waals surface area contributed by atoms with E-state index in [4.69, 9.17) is 5.21 Å². The van der Waals surface area contributed by atoms with Crippen molar-refractivity contribution < 1.29 is 5.21 Å². The Labute approximate surface area is 67.2 Å². The maximum Gasteiger partial charge on any atom is 0.0576 e. The molecule has 0 saturated carbocycles. The highest BCUT2D eigenvalue weighted by atomic mass is 16.4. The van der Waals surface area contributed by atoms with Gasteiger partial charge in [0.2, 0.25) is 0 Å². The Balaban J connectivity index is 4.57. The summed E-state index contributed by atoms with van der Waals surface area (Å²) in [7, 11) is 0. The summed E-state index contributed by atoms with van der Waals surface area (Å²) in [5.41, 5.74) is -0.448. The Kier molecular flexibility index (Phi) is 3.96. The molecule has 0 aliphatic heterocycles. The maximum atomic E-state index is 8.33. The fourth-order valence-electron chi connectivity index (χ4n) is 0.766. The summed E-state index contributed by atoms with van der Waals surface area (Å²) < 4.78 is 0. The highest BCUT2D eigenvalue weighted by Gasteiger charge is 2.17. The van der Waals surface area contributed by atoms with E-state index >= 15 is 0 Å². The van der Waals surface area contributed by atoms with Gasteiger partial charge >= 0.3 is 0 Å². The molecule has 0 amide bonds. The van der Waals surface area contributed by atoms with Gasteiger partial charge in [0.1, 0.15) is 0 Å². The van der Waals surface area contributed by atoms with Crippen LogP contribution in [0.5, 0.6) is 0 Å². The molecule has 0 heterocycles. The van der Waals surface area contributed by atoms with E-state index in [0.717, 1.165) is 0 Å². The summed E-state index contributed by atoms with van der Waals surface area (Å²) in [6, 6.07) is 0. The van der Waals surface area contributed by atoms with Crippen molar-refractivity contribution in [2.45, 2.75) is 6.42 Å². The minimum Gasteiger partial charge on any atom is -0.411 e. The van der Waals surface area contributed by atoms with Crippen LogP contribution in [-0.4, -0.2) is 11.4 Å². The van der Waals surface area contributed by atoms with Gasteiger partial charge in [-0.05, 0) is 6.42 Å². The van der Waals surface area contributed by atoms with Crippen LogP contribution in [0.25, 0.3) is 0 Å². The average Bonchev–Trinajstić information content (AvgIpc) is 2.04. The predicted octanol–water partition coefficient (Wildman–Crippen LogP) is 2.38. The molecule has 0 atom stereocenters. The van der Waals surface area contributed by atoms with Crippen LogP contribution in [0, 0.1) is 5.41 Å². The van der Waals surface area contributed by atoms with E-state index in [1.165, 1.54) is 6.21 Å². The Hall–Kier alpha value is -1.31. The number of hydrogen-bond donors (Lipinski definition) is 1. The SMILES string of the molecule is C=CCC(C=C)(C=C)C=NO. The first-order valence-electron chi connectivity index (χ1n) is 3.31. The molecule has 60 valence electrons. The monoisotopic (exact) mass is 151 g/mol. The largest absolute Gasteiger partial charge is 0.411 e. The predicted molar refractivity (Wildman–Crippen MR) is 47.9 cm³/mol. The topological polar surface area (TPSA) is 32.6 Å². The molecule has 0 bridgehead atoms. The van der Waals surface area contributed by atoms with Crippen molar-refractivity contribution in [3.8, 4) is 0 Å². The molecule has 0 saturated heterocycles. The quantitative estimate of drug-likeness (QED) is 0.278. The van der Waals surface area contributed by atoms with Crippen LogP contribution >= 0.6 is 0 Å². The number of allylic oxidation sites excluding steroid dienone is 3. The maximum absolute atomic E-state index is 8.33. The van der Waals surface area contributed by atoms with Crippen LogP contribution in [0.2, 0.25) is 0 Å². The van der Waals surface area contributed by atoms with E-state index in [2.05, 4.69) is 24.9 Å². The third-order valence-electron chi connectivity index (χ3n) is 1.56. The lowest BCUT2D eigenvalue weighted by molar-refractivity contribution is 0.317. The second kappa shape index (κ2) is 4.50. The van der Waals surface area contributed by atoms with Gasteiger partial charge in [0.05, 0.1) is 6.21 Å². The highest BCUT2D eigenvalue weighted by Crippen LogP contribution is 2.22. The minimum absolute atomic E-state index is 0.448. The zero-order valence-corrected chi connectivity index (χ0v) is 6.53. The number of oxime groups is 1. The van der Waals surface area contributed by atoms with Gasteiger partial charge < -0.3 is 5.21 Å². The number of nitrogens with zero attached hydrogens (tertiary/aromatic N) is 1. The molecule has 2 nitrogen and oxygen atoms in total. The van der Waals surface area contributed by atoms with Gasteiger partial charge in [-0.1, -0.05) is 18.2 Å². The Morgan fingerprint density at radius 3 is 2.09 bits per heavy atom. The van der Waals surface area contributed by atoms with Gasteiger partial charge in [-0.25, -0.2) is 0 Å². The van der Waals surface area contributed by atoms with Crippen molar-refractivity contribution >= 4 is 6.21 Å². The van der Waals surface area contributed by atoms with E-state index in [-0.39, 0.29) is 0 Å². The fourth-order valence-corrected chi connectivity index (χ4v) is 0.766. The van der Waals surface area contributed by atoms with Crippen molar-refractivity contribution in [3.63, 3.8) is 0 Å². The summed E-state index contributed by atoms with van der Waals surface area (Å²) in [6.07, 6.45) is 7.09. The van der Waals surface area contributed by atoms with E-state index in [0.29, 0.717) is 6.42 Å². The minimum atomic E-state index is -0.448. The molecule has 0 aliphatic carbocycles.